The van der Waals surface area contributed by atoms with Crippen LogP contribution in [0.25, 0.3) is 10.9 Å². The lowest BCUT2D eigenvalue weighted by atomic mass is 10.0. The van der Waals surface area contributed by atoms with Crippen LogP contribution < -0.4 is 0 Å². The van der Waals surface area contributed by atoms with Gasteiger partial charge < -0.3 is 15.0 Å². The van der Waals surface area contributed by atoms with E-state index in [1.807, 2.05) is 35.4 Å². The van der Waals surface area contributed by atoms with Crippen LogP contribution in [0.2, 0.25) is 0 Å². The Balaban J connectivity index is 1.90. The number of H-pyrrole nitrogens is 1. The van der Waals surface area contributed by atoms with Crippen molar-refractivity contribution >= 4 is 16.8 Å². The fraction of sp³-hybridized carbons (Fsp3) is 0.357. The Labute approximate surface area is 105 Å². The van der Waals surface area contributed by atoms with Gasteiger partial charge in [0.05, 0.1) is 6.10 Å². The van der Waals surface area contributed by atoms with Gasteiger partial charge in [-0.25, -0.2) is 0 Å². The van der Waals surface area contributed by atoms with Crippen LogP contribution in [-0.2, 0) is 0 Å². The van der Waals surface area contributed by atoms with Gasteiger partial charge in [-0.05, 0) is 31.0 Å². The van der Waals surface area contributed by atoms with Crippen LogP contribution in [0.4, 0.5) is 0 Å². The first kappa shape index (κ1) is 11.3. The van der Waals surface area contributed by atoms with E-state index in [0.717, 1.165) is 16.5 Å². The molecule has 2 heterocycles. The van der Waals surface area contributed by atoms with Crippen molar-refractivity contribution in [2.24, 2.45) is 0 Å². The Hall–Kier alpha value is -1.81. The summed E-state index contributed by atoms with van der Waals surface area (Å²) in [6, 6.07) is 7.65. The Morgan fingerprint density at radius 2 is 2.06 bits per heavy atom. The average Bonchev–Trinajstić information content (AvgIpc) is 2.87. The number of fused-ring (bicyclic) bond motifs is 1. The van der Waals surface area contributed by atoms with Gasteiger partial charge in [0, 0.05) is 35.8 Å². The first-order valence-corrected chi connectivity index (χ1v) is 6.29. The number of carbonyl (C=O) groups excluding carboxylic acids is 1. The lowest BCUT2D eigenvalue weighted by Gasteiger charge is -2.29. The molecule has 94 valence electrons. The van der Waals surface area contributed by atoms with Crippen molar-refractivity contribution in [3.63, 3.8) is 0 Å². The first-order chi connectivity index (χ1) is 8.75. The molecule has 1 aliphatic heterocycles. The van der Waals surface area contributed by atoms with Crippen molar-refractivity contribution in [2.75, 3.05) is 13.1 Å². The van der Waals surface area contributed by atoms with Crippen LogP contribution in [0.1, 0.15) is 23.2 Å². The number of carbonyl (C=O) groups is 1. The molecule has 0 unspecified atom stereocenters. The lowest BCUT2D eigenvalue weighted by molar-refractivity contribution is 0.0548. The van der Waals surface area contributed by atoms with Gasteiger partial charge >= 0.3 is 0 Å². The number of piperidine rings is 1. The number of aromatic nitrogens is 1. The molecular formula is C14H16N2O2. The number of rotatable bonds is 1. The van der Waals surface area contributed by atoms with E-state index in [1.54, 1.807) is 0 Å². The summed E-state index contributed by atoms with van der Waals surface area (Å²) < 4.78 is 0. The second-order valence-corrected chi connectivity index (χ2v) is 4.77. The molecule has 1 saturated heterocycles. The summed E-state index contributed by atoms with van der Waals surface area (Å²) in [4.78, 5) is 17.4. The van der Waals surface area contributed by atoms with E-state index in [1.165, 1.54) is 0 Å². The quantitative estimate of drug-likeness (QED) is 0.803. The second kappa shape index (κ2) is 4.46. The minimum absolute atomic E-state index is 0.0621. The minimum Gasteiger partial charge on any atom is -0.393 e. The Kier molecular flexibility index (Phi) is 2.80. The maximum absolute atomic E-state index is 12.4. The molecular weight excluding hydrogens is 228 g/mol. The van der Waals surface area contributed by atoms with Crippen molar-refractivity contribution in [1.29, 1.82) is 0 Å². The maximum atomic E-state index is 12.4. The summed E-state index contributed by atoms with van der Waals surface area (Å²) >= 11 is 0. The Morgan fingerprint density at radius 3 is 2.83 bits per heavy atom. The monoisotopic (exact) mass is 244 g/mol. The highest BCUT2D eigenvalue weighted by Gasteiger charge is 2.23. The standard InChI is InChI=1S/C14H16N2O2/c17-10-5-8-16(9-6-10)14(18)12-2-1-3-13-11(12)4-7-15-13/h1-4,7,10,15,17H,5-6,8-9H2. The van der Waals surface area contributed by atoms with Crippen LogP contribution in [0.5, 0.6) is 0 Å². The Morgan fingerprint density at radius 1 is 1.28 bits per heavy atom. The van der Waals surface area contributed by atoms with Gasteiger partial charge in [0.15, 0.2) is 0 Å². The number of benzene rings is 1. The van der Waals surface area contributed by atoms with Crippen molar-refractivity contribution in [3.05, 3.63) is 36.0 Å². The number of hydrogen-bond acceptors (Lipinski definition) is 2. The van der Waals surface area contributed by atoms with Crippen LogP contribution in [-0.4, -0.2) is 40.1 Å². The third kappa shape index (κ3) is 1.88. The number of aromatic amines is 1. The van der Waals surface area contributed by atoms with Gasteiger partial charge in [-0.1, -0.05) is 6.07 Å². The van der Waals surface area contributed by atoms with Crippen molar-refractivity contribution in [1.82, 2.24) is 9.88 Å². The fourth-order valence-electron chi connectivity index (χ4n) is 2.51. The van der Waals surface area contributed by atoms with Crippen LogP contribution in [0.3, 0.4) is 0 Å². The molecule has 0 saturated carbocycles. The molecule has 1 amide bonds. The highest BCUT2D eigenvalue weighted by atomic mass is 16.3. The molecule has 2 N–H and O–H groups in total. The zero-order chi connectivity index (χ0) is 12.5. The van der Waals surface area contributed by atoms with E-state index in [4.69, 9.17) is 0 Å². The third-order valence-electron chi connectivity index (χ3n) is 3.58. The van der Waals surface area contributed by atoms with E-state index in [2.05, 4.69) is 4.98 Å². The number of nitrogens with zero attached hydrogens (tertiary/aromatic N) is 1. The SMILES string of the molecule is O=C(c1cccc2[nH]ccc12)N1CCC(O)CC1. The van der Waals surface area contributed by atoms with Gasteiger partial charge in [-0.15, -0.1) is 0 Å². The zero-order valence-corrected chi connectivity index (χ0v) is 10.1. The molecule has 0 radical (unpaired) electrons. The minimum atomic E-state index is -0.253. The maximum Gasteiger partial charge on any atom is 0.254 e. The summed E-state index contributed by atoms with van der Waals surface area (Å²) in [5.41, 5.74) is 1.73. The normalized spacial score (nSPS) is 17.3. The van der Waals surface area contributed by atoms with Crippen LogP contribution in [0, 0.1) is 0 Å². The second-order valence-electron chi connectivity index (χ2n) is 4.77. The van der Waals surface area contributed by atoms with Gasteiger partial charge in [-0.3, -0.25) is 4.79 Å². The molecule has 1 aliphatic rings. The van der Waals surface area contributed by atoms with E-state index < -0.39 is 0 Å². The summed E-state index contributed by atoms with van der Waals surface area (Å²) in [5.74, 6) is 0.0621. The summed E-state index contributed by atoms with van der Waals surface area (Å²) in [6.07, 6.45) is 2.95. The summed E-state index contributed by atoms with van der Waals surface area (Å²) in [5, 5.41) is 10.4. The number of aliphatic hydroxyl groups excluding tert-OH is 1. The van der Waals surface area contributed by atoms with Crippen molar-refractivity contribution in [3.8, 4) is 0 Å². The molecule has 18 heavy (non-hydrogen) atoms. The average molecular weight is 244 g/mol. The number of amides is 1. The van der Waals surface area contributed by atoms with E-state index in [-0.39, 0.29) is 12.0 Å². The largest absolute Gasteiger partial charge is 0.393 e. The fourth-order valence-corrected chi connectivity index (χ4v) is 2.51. The molecule has 2 aromatic rings. The molecule has 0 bridgehead atoms. The third-order valence-corrected chi connectivity index (χ3v) is 3.58. The smallest absolute Gasteiger partial charge is 0.254 e. The van der Waals surface area contributed by atoms with Gasteiger partial charge in [0.2, 0.25) is 0 Å². The molecule has 4 nitrogen and oxygen atoms in total. The van der Waals surface area contributed by atoms with Gasteiger partial charge in [-0.2, -0.15) is 0 Å². The zero-order valence-electron chi connectivity index (χ0n) is 10.1. The van der Waals surface area contributed by atoms with E-state index in [9.17, 15) is 9.90 Å². The van der Waals surface area contributed by atoms with E-state index in [0.29, 0.717) is 25.9 Å². The summed E-state index contributed by atoms with van der Waals surface area (Å²) in [6.45, 7) is 1.28. The predicted octanol–water partition coefficient (Wildman–Crippen LogP) is 1.76. The van der Waals surface area contributed by atoms with Gasteiger partial charge in [0.1, 0.15) is 0 Å². The molecule has 0 aliphatic carbocycles. The lowest BCUT2D eigenvalue weighted by Crippen LogP contribution is -2.40. The number of hydrogen-bond donors (Lipinski definition) is 2. The number of likely N-dealkylation sites (tertiary alicyclic amines) is 1. The number of aliphatic hydroxyl groups is 1. The predicted molar refractivity (Wildman–Crippen MR) is 69.4 cm³/mol. The number of nitrogens with one attached hydrogen (secondary N) is 1. The topological polar surface area (TPSA) is 56.3 Å². The van der Waals surface area contributed by atoms with Crippen LogP contribution >= 0.6 is 0 Å². The molecule has 1 aromatic carbocycles. The first-order valence-electron chi connectivity index (χ1n) is 6.29. The molecule has 3 rings (SSSR count). The van der Waals surface area contributed by atoms with Crippen LogP contribution in [0.15, 0.2) is 30.5 Å². The molecule has 0 spiro atoms. The van der Waals surface area contributed by atoms with Gasteiger partial charge in [0.25, 0.3) is 5.91 Å². The molecule has 4 heteroatoms. The molecule has 1 aromatic heterocycles. The highest BCUT2D eigenvalue weighted by Crippen LogP contribution is 2.21. The highest BCUT2D eigenvalue weighted by molar-refractivity contribution is 6.06. The summed E-state index contributed by atoms with van der Waals surface area (Å²) in [7, 11) is 0. The van der Waals surface area contributed by atoms with E-state index >= 15 is 0 Å². The Bertz CT molecular complexity index is 568. The van der Waals surface area contributed by atoms with Crippen molar-refractivity contribution < 1.29 is 9.90 Å². The molecule has 1 fully saturated rings. The molecule has 0 atom stereocenters. The van der Waals surface area contributed by atoms with Crippen molar-refractivity contribution in [2.45, 2.75) is 18.9 Å².